The Morgan fingerprint density at radius 3 is 2.77 bits per heavy atom. The minimum absolute atomic E-state index is 0.379. The second-order valence-electron chi connectivity index (χ2n) is 7.38. The van der Waals surface area contributed by atoms with Gasteiger partial charge < -0.3 is 9.47 Å². The van der Waals surface area contributed by atoms with Crippen molar-refractivity contribution in [3.8, 4) is 5.69 Å². The highest BCUT2D eigenvalue weighted by Crippen LogP contribution is 2.21. The average molecular weight is 419 g/mol. The van der Waals surface area contributed by atoms with Crippen molar-refractivity contribution in [1.82, 2.24) is 34.7 Å². The third kappa shape index (κ3) is 3.89. The molecule has 4 heterocycles. The quantitative estimate of drug-likeness (QED) is 0.453. The predicted molar refractivity (Wildman–Crippen MR) is 110 cm³/mol. The normalized spacial score (nSPS) is 14.7. The van der Waals surface area contributed by atoms with Crippen LogP contribution >= 0.6 is 0 Å². The van der Waals surface area contributed by atoms with Gasteiger partial charge in [-0.05, 0) is 42.7 Å². The van der Waals surface area contributed by atoms with Crippen LogP contribution in [0.1, 0.15) is 40.6 Å². The molecule has 1 fully saturated rings. The molecule has 0 spiro atoms. The van der Waals surface area contributed by atoms with Gasteiger partial charge in [-0.25, -0.2) is 14.8 Å². The molecule has 0 radical (unpaired) electrons. The van der Waals surface area contributed by atoms with Gasteiger partial charge in [0.1, 0.15) is 5.82 Å². The summed E-state index contributed by atoms with van der Waals surface area (Å²) in [6.45, 7) is 1.55. The lowest BCUT2D eigenvalue weighted by atomic mass is 10.1. The Hall–Kier alpha value is -3.66. The van der Waals surface area contributed by atoms with Crippen molar-refractivity contribution in [1.29, 1.82) is 0 Å². The van der Waals surface area contributed by atoms with Gasteiger partial charge in [-0.15, -0.1) is 5.10 Å². The molecule has 1 aliphatic heterocycles. The number of methoxy groups -OCH3 is 1. The van der Waals surface area contributed by atoms with Gasteiger partial charge in [-0.1, -0.05) is 5.21 Å². The number of fused-ring (bicyclic) bond motifs is 1. The Morgan fingerprint density at radius 1 is 1.19 bits per heavy atom. The number of ether oxygens (including phenoxy) is 2. The van der Waals surface area contributed by atoms with Crippen LogP contribution in [-0.4, -0.2) is 61.0 Å². The summed E-state index contributed by atoms with van der Waals surface area (Å²) in [6.07, 6.45) is 8.11. The lowest BCUT2D eigenvalue weighted by Gasteiger charge is -2.22. The van der Waals surface area contributed by atoms with Gasteiger partial charge in [0.05, 0.1) is 36.8 Å². The fourth-order valence-corrected chi connectivity index (χ4v) is 3.68. The van der Waals surface area contributed by atoms with Crippen LogP contribution in [0.5, 0.6) is 0 Å². The van der Waals surface area contributed by atoms with Gasteiger partial charge in [0, 0.05) is 25.8 Å². The molecule has 1 aromatic carbocycles. The number of aromatic nitrogens is 7. The van der Waals surface area contributed by atoms with E-state index in [-0.39, 0.29) is 5.97 Å². The summed E-state index contributed by atoms with van der Waals surface area (Å²) in [5.74, 6) is 0.273. The molecule has 10 nitrogen and oxygen atoms in total. The van der Waals surface area contributed by atoms with Crippen LogP contribution in [0.4, 0.5) is 0 Å². The number of esters is 1. The van der Waals surface area contributed by atoms with Crippen LogP contribution in [0.25, 0.3) is 16.9 Å². The topological polar surface area (TPSA) is 110 Å². The van der Waals surface area contributed by atoms with Crippen molar-refractivity contribution < 1.29 is 14.3 Å². The zero-order valence-electron chi connectivity index (χ0n) is 17.0. The summed E-state index contributed by atoms with van der Waals surface area (Å²) < 4.78 is 13.8. The summed E-state index contributed by atoms with van der Waals surface area (Å²) in [5.41, 5.74) is 3.46. The van der Waals surface area contributed by atoms with Crippen LogP contribution < -0.4 is 0 Å². The fourth-order valence-electron chi connectivity index (χ4n) is 3.68. The maximum Gasteiger partial charge on any atom is 0.337 e. The summed E-state index contributed by atoms with van der Waals surface area (Å²) >= 11 is 0. The van der Waals surface area contributed by atoms with Gasteiger partial charge in [0.25, 0.3) is 0 Å². The molecule has 0 unspecified atom stereocenters. The number of carbonyl (C=O) groups excluding carboxylic acids is 1. The average Bonchev–Trinajstić information content (AvgIpc) is 3.46. The van der Waals surface area contributed by atoms with E-state index in [9.17, 15) is 4.79 Å². The van der Waals surface area contributed by atoms with E-state index in [1.54, 1.807) is 35.1 Å². The number of carbonyl (C=O) groups is 1. The Morgan fingerprint density at radius 2 is 2.00 bits per heavy atom. The molecule has 0 amide bonds. The van der Waals surface area contributed by atoms with E-state index < -0.39 is 0 Å². The van der Waals surface area contributed by atoms with Crippen molar-refractivity contribution in [3.05, 3.63) is 59.8 Å². The predicted octanol–water partition coefficient (Wildman–Crippen LogP) is 2.14. The van der Waals surface area contributed by atoms with Gasteiger partial charge in [-0.2, -0.15) is 9.78 Å². The minimum atomic E-state index is -0.388. The Labute approximate surface area is 177 Å². The standard InChI is InChI=1S/C21H21N7O3/c1-30-21(29)15-2-4-17(5-3-15)28-20-18(25-26-28)12-22-19(24-20)10-14-11-23-27(13-14)16-6-8-31-9-7-16/h2-5,11-13,16H,6-10H2,1H3. The first kappa shape index (κ1) is 19.3. The molecule has 0 bridgehead atoms. The van der Waals surface area contributed by atoms with Crippen LogP contribution in [-0.2, 0) is 15.9 Å². The van der Waals surface area contributed by atoms with Gasteiger partial charge in [-0.3, -0.25) is 4.68 Å². The smallest absolute Gasteiger partial charge is 0.337 e. The van der Waals surface area contributed by atoms with Crippen LogP contribution in [0.15, 0.2) is 42.9 Å². The summed E-state index contributed by atoms with van der Waals surface area (Å²) in [6, 6.07) is 7.30. The Balaban J connectivity index is 1.39. The first-order valence-corrected chi connectivity index (χ1v) is 10.1. The van der Waals surface area contributed by atoms with Gasteiger partial charge in [0.15, 0.2) is 11.2 Å². The zero-order chi connectivity index (χ0) is 21.2. The molecule has 1 aliphatic rings. The van der Waals surface area contributed by atoms with Crippen molar-refractivity contribution in [2.45, 2.75) is 25.3 Å². The lowest BCUT2D eigenvalue weighted by molar-refractivity contribution is 0.0600. The van der Waals surface area contributed by atoms with Crippen LogP contribution in [0, 0.1) is 0 Å². The van der Waals surface area contributed by atoms with E-state index in [1.807, 2.05) is 10.9 Å². The van der Waals surface area contributed by atoms with E-state index >= 15 is 0 Å². The summed E-state index contributed by atoms with van der Waals surface area (Å²) in [5, 5.41) is 12.9. The van der Waals surface area contributed by atoms with Gasteiger partial charge in [0.2, 0.25) is 0 Å². The Kier molecular flexibility index (Phi) is 5.13. The van der Waals surface area contributed by atoms with E-state index in [0.717, 1.165) is 37.3 Å². The zero-order valence-corrected chi connectivity index (χ0v) is 17.0. The maximum atomic E-state index is 11.7. The molecular weight excluding hydrogens is 398 g/mol. The van der Waals surface area contributed by atoms with E-state index in [2.05, 4.69) is 31.6 Å². The van der Waals surface area contributed by atoms with E-state index in [4.69, 9.17) is 9.47 Å². The lowest BCUT2D eigenvalue weighted by Crippen LogP contribution is -2.19. The molecule has 0 N–H and O–H groups in total. The highest BCUT2D eigenvalue weighted by atomic mass is 16.5. The highest BCUT2D eigenvalue weighted by molar-refractivity contribution is 5.89. The van der Waals surface area contributed by atoms with Crippen LogP contribution in [0.3, 0.4) is 0 Å². The SMILES string of the molecule is COC(=O)c1ccc(-n2nnc3cnc(Cc4cnn(C5CCOCC5)c4)nc32)cc1. The molecule has 158 valence electrons. The van der Waals surface area contributed by atoms with Crippen molar-refractivity contribution in [2.24, 2.45) is 0 Å². The largest absolute Gasteiger partial charge is 0.465 e. The molecule has 0 aliphatic carbocycles. The highest BCUT2D eigenvalue weighted by Gasteiger charge is 2.17. The first-order valence-electron chi connectivity index (χ1n) is 10.1. The van der Waals surface area contributed by atoms with E-state index in [1.165, 1.54) is 7.11 Å². The molecule has 0 atom stereocenters. The van der Waals surface area contributed by atoms with Gasteiger partial charge >= 0.3 is 5.97 Å². The van der Waals surface area contributed by atoms with Crippen molar-refractivity contribution in [3.63, 3.8) is 0 Å². The van der Waals surface area contributed by atoms with Crippen LogP contribution in [0.2, 0.25) is 0 Å². The molecule has 0 saturated carbocycles. The molecule has 4 aromatic rings. The number of benzene rings is 1. The van der Waals surface area contributed by atoms with Crippen molar-refractivity contribution >= 4 is 17.1 Å². The third-order valence-electron chi connectivity index (χ3n) is 5.36. The van der Waals surface area contributed by atoms with E-state index in [0.29, 0.717) is 35.0 Å². The number of nitrogens with zero attached hydrogens (tertiary/aromatic N) is 7. The minimum Gasteiger partial charge on any atom is -0.465 e. The second kappa shape index (κ2) is 8.23. The summed E-state index contributed by atoms with van der Waals surface area (Å²) in [4.78, 5) is 20.8. The maximum absolute atomic E-state index is 11.7. The third-order valence-corrected chi connectivity index (χ3v) is 5.36. The number of rotatable bonds is 5. The first-order chi connectivity index (χ1) is 15.2. The summed E-state index contributed by atoms with van der Waals surface area (Å²) in [7, 11) is 1.35. The fraction of sp³-hybridized carbons (Fsp3) is 0.333. The molecular formula is C21H21N7O3. The molecule has 31 heavy (non-hydrogen) atoms. The monoisotopic (exact) mass is 419 g/mol. The number of hydrogen-bond donors (Lipinski definition) is 0. The number of hydrogen-bond acceptors (Lipinski definition) is 8. The molecule has 1 saturated heterocycles. The van der Waals surface area contributed by atoms with Crippen molar-refractivity contribution in [2.75, 3.05) is 20.3 Å². The molecule has 3 aromatic heterocycles. The molecule has 5 rings (SSSR count). The molecule has 10 heteroatoms. The second-order valence-corrected chi connectivity index (χ2v) is 7.38. The Bertz CT molecular complexity index is 1210.